The second-order valence-electron chi connectivity index (χ2n) is 4.22. The van der Waals surface area contributed by atoms with Crippen molar-refractivity contribution in [1.29, 1.82) is 0 Å². The number of anilines is 1. The molecule has 0 fully saturated rings. The smallest absolute Gasteiger partial charge is 0.293 e. The number of nitrogens with one attached hydrogen (secondary N) is 1. The fraction of sp³-hybridized carbons (Fsp3) is 0.462. The number of carbonyl (C=O) groups is 1. The van der Waals surface area contributed by atoms with Crippen LogP contribution in [0.1, 0.15) is 43.1 Å². The Morgan fingerprint density at radius 1 is 1.42 bits per heavy atom. The molecule has 1 rings (SSSR count). The summed E-state index contributed by atoms with van der Waals surface area (Å²) in [5, 5.41) is 26.1. The van der Waals surface area contributed by atoms with E-state index in [1.807, 2.05) is 6.92 Å². The highest BCUT2D eigenvalue weighted by atomic mass is 16.6. The number of rotatable bonds is 6. The summed E-state index contributed by atoms with van der Waals surface area (Å²) in [5.74, 6) is -0.857. The van der Waals surface area contributed by atoms with Crippen LogP contribution in [0.3, 0.4) is 0 Å². The van der Waals surface area contributed by atoms with Gasteiger partial charge in [-0.2, -0.15) is 0 Å². The van der Waals surface area contributed by atoms with Crippen molar-refractivity contribution in [3.63, 3.8) is 0 Å². The maximum absolute atomic E-state index is 12.2. The van der Waals surface area contributed by atoms with Gasteiger partial charge < -0.3 is 10.4 Å². The predicted molar refractivity (Wildman–Crippen MR) is 70.7 cm³/mol. The monoisotopic (exact) mass is 265 g/mol. The molecule has 6 heteroatoms. The molecular formula is C13H17N2O4-. The second kappa shape index (κ2) is 6.17. The van der Waals surface area contributed by atoms with E-state index >= 15 is 0 Å². The third-order valence-electron chi connectivity index (χ3n) is 2.79. The van der Waals surface area contributed by atoms with E-state index in [9.17, 15) is 20.0 Å². The molecule has 0 saturated heterocycles. The van der Waals surface area contributed by atoms with Crippen molar-refractivity contribution in [2.45, 2.75) is 33.6 Å². The summed E-state index contributed by atoms with van der Waals surface area (Å²) in [5.41, 5.74) is 0.236. The van der Waals surface area contributed by atoms with Crippen LogP contribution >= 0.6 is 0 Å². The number of ketones is 1. The summed E-state index contributed by atoms with van der Waals surface area (Å²) < 4.78 is 0. The van der Waals surface area contributed by atoms with Gasteiger partial charge in [0, 0.05) is 18.2 Å². The molecule has 1 aromatic carbocycles. The van der Waals surface area contributed by atoms with Gasteiger partial charge in [-0.1, -0.05) is 19.1 Å². The molecule has 0 unspecified atom stereocenters. The number of nitro benzene ring substituents is 1. The highest BCUT2D eigenvalue weighted by molar-refractivity contribution is 5.99. The zero-order valence-electron chi connectivity index (χ0n) is 11.3. The highest BCUT2D eigenvalue weighted by Crippen LogP contribution is 2.37. The molecule has 0 aliphatic heterocycles. The second-order valence-corrected chi connectivity index (χ2v) is 4.22. The van der Waals surface area contributed by atoms with Gasteiger partial charge in [-0.3, -0.25) is 14.9 Å². The quantitative estimate of drug-likeness (QED) is 0.483. The number of benzene rings is 1. The first-order valence-corrected chi connectivity index (χ1v) is 6.20. The molecule has 19 heavy (non-hydrogen) atoms. The van der Waals surface area contributed by atoms with Crippen molar-refractivity contribution in [2.75, 3.05) is 11.9 Å². The third-order valence-corrected chi connectivity index (χ3v) is 2.79. The van der Waals surface area contributed by atoms with Gasteiger partial charge in [0.2, 0.25) is 0 Å². The normalized spacial score (nSPS) is 10.3. The van der Waals surface area contributed by atoms with Gasteiger partial charge in [0.25, 0.3) is 5.69 Å². The molecule has 0 radical (unpaired) electrons. The molecule has 0 bridgehead atoms. The van der Waals surface area contributed by atoms with Gasteiger partial charge in [-0.15, -0.1) is 0 Å². The Kier molecular flexibility index (Phi) is 4.86. The van der Waals surface area contributed by atoms with Crippen LogP contribution in [0.4, 0.5) is 11.4 Å². The molecule has 0 amide bonds. The van der Waals surface area contributed by atoms with Gasteiger partial charge in [0.15, 0.2) is 5.78 Å². The number of nitro groups is 1. The first-order chi connectivity index (χ1) is 8.93. The van der Waals surface area contributed by atoms with Gasteiger partial charge in [-0.25, -0.2) is 0 Å². The van der Waals surface area contributed by atoms with Crippen LogP contribution in [0.15, 0.2) is 6.07 Å². The molecule has 0 heterocycles. The lowest BCUT2D eigenvalue weighted by molar-refractivity contribution is -0.384. The number of nitrogens with zero attached hydrogens (tertiary/aromatic N) is 1. The summed E-state index contributed by atoms with van der Waals surface area (Å²) in [6, 6.07) is 1.07. The maximum atomic E-state index is 12.2. The Hall–Kier alpha value is -2.11. The summed E-state index contributed by atoms with van der Waals surface area (Å²) in [6.07, 6.45) is 1.08. The van der Waals surface area contributed by atoms with Crippen molar-refractivity contribution in [3.8, 4) is 5.75 Å². The van der Waals surface area contributed by atoms with E-state index in [0.29, 0.717) is 24.9 Å². The van der Waals surface area contributed by atoms with E-state index in [1.165, 1.54) is 6.92 Å². The highest BCUT2D eigenvalue weighted by Gasteiger charge is 2.21. The van der Waals surface area contributed by atoms with Gasteiger partial charge in [0.05, 0.1) is 4.92 Å². The average Bonchev–Trinajstić information content (AvgIpc) is 2.33. The zero-order valence-corrected chi connectivity index (χ0v) is 11.3. The van der Waals surface area contributed by atoms with E-state index in [4.69, 9.17) is 0 Å². The first kappa shape index (κ1) is 14.9. The van der Waals surface area contributed by atoms with Crippen LogP contribution in [-0.2, 0) is 6.42 Å². The number of hydrogen-bond acceptors (Lipinski definition) is 5. The van der Waals surface area contributed by atoms with Crippen LogP contribution in [0.2, 0.25) is 0 Å². The maximum Gasteiger partial charge on any atom is 0.293 e. The first-order valence-electron chi connectivity index (χ1n) is 6.20. The van der Waals surface area contributed by atoms with Crippen LogP contribution in [0.5, 0.6) is 5.75 Å². The van der Waals surface area contributed by atoms with E-state index in [0.717, 1.165) is 6.07 Å². The third kappa shape index (κ3) is 3.01. The number of Topliss-reactive ketones (excluding diaryl/α,β-unsaturated/α-hetero) is 1. The molecule has 0 atom stereocenters. The van der Waals surface area contributed by atoms with Gasteiger partial charge >= 0.3 is 0 Å². The Labute approximate surface area is 111 Å². The van der Waals surface area contributed by atoms with Gasteiger partial charge in [0.1, 0.15) is 5.69 Å². The molecule has 104 valence electrons. The lowest BCUT2D eigenvalue weighted by Gasteiger charge is -2.21. The van der Waals surface area contributed by atoms with E-state index < -0.39 is 16.5 Å². The van der Waals surface area contributed by atoms with Crippen LogP contribution in [0, 0.1) is 10.1 Å². The summed E-state index contributed by atoms with van der Waals surface area (Å²) in [4.78, 5) is 21.9. The minimum atomic E-state index is -0.566. The molecule has 0 aliphatic rings. The average molecular weight is 265 g/mol. The summed E-state index contributed by atoms with van der Waals surface area (Å²) in [6.45, 7) is 5.38. The SMILES string of the molecule is CCCc1c([O-])c(C(C)=O)cc([N+](=O)[O-])c1NCC. The lowest BCUT2D eigenvalue weighted by Crippen LogP contribution is -2.12. The van der Waals surface area contributed by atoms with Crippen molar-refractivity contribution in [2.24, 2.45) is 0 Å². The number of carbonyl (C=O) groups excluding carboxylic acids is 1. The standard InChI is InChI=1S/C13H18N2O4/c1-4-6-9-12(14-5-2)11(15(18)19)7-10(8(3)16)13(9)17/h7,14,17H,4-6H2,1-3H3/p-1. The summed E-state index contributed by atoms with van der Waals surface area (Å²) in [7, 11) is 0. The van der Waals surface area contributed by atoms with Crippen molar-refractivity contribution >= 4 is 17.2 Å². The predicted octanol–water partition coefficient (Wildman–Crippen LogP) is 2.26. The molecule has 0 aliphatic carbocycles. The van der Waals surface area contributed by atoms with E-state index in [2.05, 4.69) is 5.32 Å². The van der Waals surface area contributed by atoms with Crippen molar-refractivity contribution in [3.05, 3.63) is 27.3 Å². The molecule has 6 nitrogen and oxygen atoms in total. The van der Waals surface area contributed by atoms with Crippen LogP contribution < -0.4 is 10.4 Å². The molecular weight excluding hydrogens is 248 g/mol. The molecule has 0 aromatic heterocycles. The van der Waals surface area contributed by atoms with Crippen molar-refractivity contribution in [1.82, 2.24) is 0 Å². The molecule has 0 spiro atoms. The largest absolute Gasteiger partial charge is 0.872 e. The van der Waals surface area contributed by atoms with E-state index in [1.54, 1.807) is 6.92 Å². The Bertz CT molecular complexity index is 512. The molecule has 1 aromatic rings. The minimum Gasteiger partial charge on any atom is -0.872 e. The fourth-order valence-electron chi connectivity index (χ4n) is 1.97. The zero-order chi connectivity index (χ0) is 14.6. The fourth-order valence-corrected chi connectivity index (χ4v) is 1.97. The molecule has 1 N–H and O–H groups in total. The number of hydrogen-bond donors (Lipinski definition) is 1. The Morgan fingerprint density at radius 2 is 2.05 bits per heavy atom. The summed E-state index contributed by atoms with van der Waals surface area (Å²) >= 11 is 0. The Morgan fingerprint density at radius 3 is 2.47 bits per heavy atom. The molecule has 0 saturated carbocycles. The van der Waals surface area contributed by atoms with Crippen LogP contribution in [-0.4, -0.2) is 17.3 Å². The Balaban J connectivity index is 3.61. The minimum absolute atomic E-state index is 0.114. The van der Waals surface area contributed by atoms with Crippen LogP contribution in [0.25, 0.3) is 0 Å². The van der Waals surface area contributed by atoms with E-state index in [-0.39, 0.29) is 16.9 Å². The van der Waals surface area contributed by atoms with Crippen molar-refractivity contribution < 1.29 is 14.8 Å². The lowest BCUT2D eigenvalue weighted by atomic mass is 9.98. The van der Waals surface area contributed by atoms with Gasteiger partial charge in [-0.05, 0) is 25.8 Å². The topological polar surface area (TPSA) is 95.3 Å².